The highest BCUT2D eigenvalue weighted by atomic mass is 19.1. The van der Waals surface area contributed by atoms with E-state index in [1.807, 2.05) is 0 Å². The van der Waals surface area contributed by atoms with Gasteiger partial charge in [0.25, 0.3) is 0 Å². The molecular weight excluding hydrogens is 235 g/mol. The summed E-state index contributed by atoms with van der Waals surface area (Å²) in [6, 6.07) is 5.89. The summed E-state index contributed by atoms with van der Waals surface area (Å²) >= 11 is 0. The normalized spacial score (nSPS) is 10.3. The van der Waals surface area contributed by atoms with E-state index in [0.29, 0.717) is 12.2 Å². The third-order valence-corrected chi connectivity index (χ3v) is 2.44. The summed E-state index contributed by atoms with van der Waals surface area (Å²) in [6.45, 7) is 0. The number of rotatable bonds is 4. The first-order valence-corrected chi connectivity index (χ1v) is 5.44. The molecule has 0 aliphatic carbocycles. The molecule has 0 spiro atoms. The zero-order chi connectivity index (χ0) is 13.0. The van der Waals surface area contributed by atoms with Gasteiger partial charge in [0, 0.05) is 24.4 Å². The number of carboxylic acid groups (broad SMARTS) is 1. The quantitative estimate of drug-likeness (QED) is 0.899. The van der Waals surface area contributed by atoms with Crippen LogP contribution in [0.3, 0.4) is 0 Å². The molecule has 92 valence electrons. The Bertz CT molecular complexity index is 538. The van der Waals surface area contributed by atoms with E-state index in [1.54, 1.807) is 24.5 Å². The van der Waals surface area contributed by atoms with E-state index in [1.165, 1.54) is 12.1 Å². The first-order valence-electron chi connectivity index (χ1n) is 5.44. The fraction of sp³-hybridized carbons (Fsp3) is 0.154. The number of hydrogen-bond donors (Lipinski definition) is 1. The average molecular weight is 246 g/mol. The Morgan fingerprint density at radius 3 is 2.33 bits per heavy atom. The summed E-state index contributed by atoms with van der Waals surface area (Å²) in [4.78, 5) is 18.7. The van der Waals surface area contributed by atoms with Crippen LogP contribution in [0.25, 0.3) is 11.4 Å². The molecule has 1 aromatic heterocycles. The summed E-state index contributed by atoms with van der Waals surface area (Å²) in [5.74, 6) is -0.663. The van der Waals surface area contributed by atoms with E-state index in [-0.39, 0.29) is 12.2 Å². The van der Waals surface area contributed by atoms with Crippen molar-refractivity contribution in [1.82, 2.24) is 9.97 Å². The van der Waals surface area contributed by atoms with Crippen LogP contribution in [0.5, 0.6) is 0 Å². The zero-order valence-electron chi connectivity index (χ0n) is 9.51. The number of carboxylic acids is 1. The standard InChI is InChI=1S/C13H11FN2O2/c14-11-4-2-10(3-5-11)13-15-7-9(8-16-13)1-6-12(17)18/h2-5,7-8H,1,6H2,(H,17,18). The van der Waals surface area contributed by atoms with Crippen molar-refractivity contribution >= 4 is 5.97 Å². The fourth-order valence-corrected chi connectivity index (χ4v) is 1.48. The minimum Gasteiger partial charge on any atom is -0.481 e. The summed E-state index contributed by atoms with van der Waals surface area (Å²) in [6.07, 6.45) is 3.64. The van der Waals surface area contributed by atoms with Gasteiger partial charge in [0.1, 0.15) is 5.82 Å². The third-order valence-electron chi connectivity index (χ3n) is 2.44. The molecule has 5 heteroatoms. The minimum atomic E-state index is -0.849. The monoisotopic (exact) mass is 246 g/mol. The maximum Gasteiger partial charge on any atom is 0.303 e. The maximum atomic E-state index is 12.7. The largest absolute Gasteiger partial charge is 0.481 e. The van der Waals surface area contributed by atoms with Crippen molar-refractivity contribution < 1.29 is 14.3 Å². The predicted molar refractivity (Wildman–Crippen MR) is 63.4 cm³/mol. The van der Waals surface area contributed by atoms with E-state index in [9.17, 15) is 9.18 Å². The lowest BCUT2D eigenvalue weighted by Gasteiger charge is -2.01. The number of aromatic nitrogens is 2. The molecule has 2 aromatic rings. The molecule has 1 aromatic carbocycles. The summed E-state index contributed by atoms with van der Waals surface area (Å²) in [5, 5.41) is 8.56. The third kappa shape index (κ3) is 3.10. The Kier molecular flexibility index (Phi) is 3.62. The molecule has 0 saturated heterocycles. The number of halogens is 1. The van der Waals surface area contributed by atoms with Crippen LogP contribution in [0, 0.1) is 5.82 Å². The SMILES string of the molecule is O=C(O)CCc1cnc(-c2ccc(F)cc2)nc1. The van der Waals surface area contributed by atoms with Gasteiger partial charge in [-0.3, -0.25) is 4.79 Å². The number of benzene rings is 1. The van der Waals surface area contributed by atoms with Crippen LogP contribution in [0.15, 0.2) is 36.7 Å². The molecule has 0 unspecified atom stereocenters. The van der Waals surface area contributed by atoms with Crippen LogP contribution in [0.4, 0.5) is 4.39 Å². The molecule has 0 fully saturated rings. The molecule has 1 N–H and O–H groups in total. The van der Waals surface area contributed by atoms with Crippen molar-refractivity contribution in [3.8, 4) is 11.4 Å². The van der Waals surface area contributed by atoms with Gasteiger partial charge >= 0.3 is 5.97 Å². The molecule has 0 bridgehead atoms. The van der Waals surface area contributed by atoms with Gasteiger partial charge < -0.3 is 5.11 Å². The maximum absolute atomic E-state index is 12.7. The number of aryl methyl sites for hydroxylation is 1. The zero-order valence-corrected chi connectivity index (χ0v) is 9.51. The molecule has 1 heterocycles. The van der Waals surface area contributed by atoms with Crippen LogP contribution in [0.2, 0.25) is 0 Å². The molecule has 4 nitrogen and oxygen atoms in total. The van der Waals surface area contributed by atoms with Gasteiger partial charge in [0.05, 0.1) is 0 Å². The molecule has 2 rings (SSSR count). The Hall–Kier alpha value is -2.30. The van der Waals surface area contributed by atoms with Crippen molar-refractivity contribution in [3.05, 3.63) is 48.0 Å². The van der Waals surface area contributed by atoms with Crippen LogP contribution in [-0.2, 0) is 11.2 Å². The van der Waals surface area contributed by atoms with E-state index < -0.39 is 5.97 Å². The first kappa shape index (κ1) is 12.2. The van der Waals surface area contributed by atoms with Crippen LogP contribution >= 0.6 is 0 Å². The lowest BCUT2D eigenvalue weighted by Crippen LogP contribution is -1.99. The molecular formula is C13H11FN2O2. The smallest absolute Gasteiger partial charge is 0.303 e. The Morgan fingerprint density at radius 2 is 1.78 bits per heavy atom. The first-order chi connectivity index (χ1) is 8.65. The summed E-state index contributed by atoms with van der Waals surface area (Å²) < 4.78 is 12.7. The minimum absolute atomic E-state index is 0.0548. The van der Waals surface area contributed by atoms with Gasteiger partial charge in [0.2, 0.25) is 0 Å². The molecule has 0 amide bonds. The van der Waals surface area contributed by atoms with Gasteiger partial charge in [-0.2, -0.15) is 0 Å². The highest BCUT2D eigenvalue weighted by Gasteiger charge is 2.03. The lowest BCUT2D eigenvalue weighted by molar-refractivity contribution is -0.136. The van der Waals surface area contributed by atoms with Crippen molar-refractivity contribution in [3.63, 3.8) is 0 Å². The van der Waals surface area contributed by atoms with Crippen molar-refractivity contribution in [2.24, 2.45) is 0 Å². The van der Waals surface area contributed by atoms with Gasteiger partial charge in [-0.05, 0) is 36.2 Å². The van der Waals surface area contributed by atoms with E-state index >= 15 is 0 Å². The predicted octanol–water partition coefficient (Wildman–Crippen LogP) is 2.30. The van der Waals surface area contributed by atoms with Crippen molar-refractivity contribution in [1.29, 1.82) is 0 Å². The van der Waals surface area contributed by atoms with Gasteiger partial charge in [-0.1, -0.05) is 0 Å². The van der Waals surface area contributed by atoms with Crippen molar-refractivity contribution in [2.75, 3.05) is 0 Å². The highest BCUT2D eigenvalue weighted by Crippen LogP contribution is 2.15. The highest BCUT2D eigenvalue weighted by molar-refractivity contribution is 5.67. The summed E-state index contributed by atoms with van der Waals surface area (Å²) in [7, 11) is 0. The lowest BCUT2D eigenvalue weighted by atomic mass is 10.2. The van der Waals surface area contributed by atoms with Crippen LogP contribution < -0.4 is 0 Å². The average Bonchev–Trinajstić information content (AvgIpc) is 2.38. The number of hydrogen-bond acceptors (Lipinski definition) is 3. The fourth-order valence-electron chi connectivity index (χ4n) is 1.48. The Labute approximate surface area is 103 Å². The van der Waals surface area contributed by atoms with E-state index in [0.717, 1.165) is 11.1 Å². The second kappa shape index (κ2) is 5.35. The molecule has 0 saturated carbocycles. The second-order valence-corrected chi connectivity index (χ2v) is 3.82. The van der Waals surface area contributed by atoms with E-state index in [4.69, 9.17) is 5.11 Å². The van der Waals surface area contributed by atoms with E-state index in [2.05, 4.69) is 9.97 Å². The van der Waals surface area contributed by atoms with Gasteiger partial charge in [-0.25, -0.2) is 14.4 Å². The molecule has 0 aliphatic heterocycles. The van der Waals surface area contributed by atoms with Crippen molar-refractivity contribution in [2.45, 2.75) is 12.8 Å². The topological polar surface area (TPSA) is 63.1 Å². The van der Waals surface area contributed by atoms with Gasteiger partial charge in [0.15, 0.2) is 5.82 Å². The molecule has 0 atom stereocenters. The van der Waals surface area contributed by atoms with Gasteiger partial charge in [-0.15, -0.1) is 0 Å². The number of carbonyl (C=O) groups is 1. The Morgan fingerprint density at radius 1 is 1.17 bits per heavy atom. The molecule has 18 heavy (non-hydrogen) atoms. The van der Waals surface area contributed by atoms with Crippen LogP contribution in [0.1, 0.15) is 12.0 Å². The number of aliphatic carboxylic acids is 1. The number of nitrogens with zero attached hydrogens (tertiary/aromatic N) is 2. The molecule has 0 aliphatic rings. The Balaban J connectivity index is 2.12. The second-order valence-electron chi connectivity index (χ2n) is 3.82. The molecule has 0 radical (unpaired) electrons. The summed E-state index contributed by atoms with van der Waals surface area (Å²) in [5.41, 5.74) is 1.49. The van der Waals surface area contributed by atoms with Crippen LogP contribution in [-0.4, -0.2) is 21.0 Å².